The van der Waals surface area contributed by atoms with E-state index in [4.69, 9.17) is 9.72 Å². The number of carbonyl (C=O) groups excluding carboxylic acids is 1. The van der Waals surface area contributed by atoms with Crippen LogP contribution in [0, 0.1) is 0 Å². The molecule has 0 saturated carbocycles. The number of amides is 1. The Bertz CT molecular complexity index is 1390. The maximum Gasteiger partial charge on any atom is 0.283 e. The minimum absolute atomic E-state index is 0.103. The molecule has 0 spiro atoms. The second-order valence-electron chi connectivity index (χ2n) is 8.56. The lowest BCUT2D eigenvalue weighted by Crippen LogP contribution is -2.44. The Morgan fingerprint density at radius 3 is 2.74 bits per heavy atom. The fourth-order valence-corrected chi connectivity index (χ4v) is 5.65. The number of benzene rings is 2. The molecular formula is C26H28N4O3S. The van der Waals surface area contributed by atoms with E-state index in [0.29, 0.717) is 33.7 Å². The average Bonchev–Trinajstić information content (AvgIpc) is 3.26. The molecule has 34 heavy (non-hydrogen) atoms. The minimum Gasteiger partial charge on any atom is -0.497 e. The Morgan fingerprint density at radius 2 is 1.97 bits per heavy atom. The van der Waals surface area contributed by atoms with Crippen molar-refractivity contribution < 1.29 is 9.53 Å². The number of H-pyrrole nitrogens is 1. The van der Waals surface area contributed by atoms with E-state index in [1.807, 2.05) is 53.4 Å². The van der Waals surface area contributed by atoms with Crippen LogP contribution in [0.15, 0.2) is 58.5 Å². The summed E-state index contributed by atoms with van der Waals surface area (Å²) in [5, 5.41) is 1.40. The molecular weight excluding hydrogens is 448 g/mol. The van der Waals surface area contributed by atoms with Crippen molar-refractivity contribution in [3.8, 4) is 11.4 Å². The first-order valence-electron chi connectivity index (χ1n) is 11.7. The maximum absolute atomic E-state index is 13.7. The van der Waals surface area contributed by atoms with Crippen LogP contribution in [0.2, 0.25) is 0 Å². The zero-order valence-corrected chi connectivity index (χ0v) is 20.2. The summed E-state index contributed by atoms with van der Waals surface area (Å²) in [5.74, 6) is 1.05. The molecule has 8 heteroatoms. The first kappa shape index (κ1) is 22.5. The van der Waals surface area contributed by atoms with Crippen LogP contribution < -0.4 is 10.3 Å². The highest BCUT2D eigenvalue weighted by atomic mass is 32.2. The second kappa shape index (κ2) is 9.54. The molecule has 0 radical (unpaired) electrons. The van der Waals surface area contributed by atoms with Gasteiger partial charge in [-0.1, -0.05) is 36.9 Å². The van der Waals surface area contributed by atoms with Gasteiger partial charge in [-0.2, -0.15) is 0 Å². The highest BCUT2D eigenvalue weighted by Gasteiger charge is 2.26. The predicted octanol–water partition coefficient (Wildman–Crippen LogP) is 4.76. The fourth-order valence-electron chi connectivity index (χ4n) is 4.76. The van der Waals surface area contributed by atoms with Crippen molar-refractivity contribution in [1.29, 1.82) is 0 Å². The van der Waals surface area contributed by atoms with Gasteiger partial charge in [-0.3, -0.25) is 14.2 Å². The van der Waals surface area contributed by atoms with E-state index in [1.165, 1.54) is 18.2 Å². The number of carbonyl (C=O) groups is 1. The smallest absolute Gasteiger partial charge is 0.283 e. The van der Waals surface area contributed by atoms with Crippen LogP contribution in [0.1, 0.15) is 32.6 Å². The summed E-state index contributed by atoms with van der Waals surface area (Å²) in [7, 11) is 1.61. The number of methoxy groups -OCH3 is 1. The van der Waals surface area contributed by atoms with E-state index < -0.39 is 0 Å². The van der Waals surface area contributed by atoms with E-state index in [2.05, 4.69) is 11.9 Å². The molecule has 5 rings (SSSR count). The van der Waals surface area contributed by atoms with E-state index in [9.17, 15) is 9.59 Å². The van der Waals surface area contributed by atoms with Gasteiger partial charge >= 0.3 is 0 Å². The summed E-state index contributed by atoms with van der Waals surface area (Å²) in [5.41, 5.74) is 2.43. The Morgan fingerprint density at radius 1 is 1.18 bits per heavy atom. The normalized spacial score (nSPS) is 16.3. The van der Waals surface area contributed by atoms with Crippen molar-refractivity contribution in [2.75, 3.05) is 19.4 Å². The summed E-state index contributed by atoms with van der Waals surface area (Å²) in [4.78, 5) is 37.0. The van der Waals surface area contributed by atoms with E-state index in [1.54, 1.807) is 11.7 Å². The number of para-hydroxylation sites is 1. The van der Waals surface area contributed by atoms with Crippen LogP contribution >= 0.6 is 11.8 Å². The summed E-state index contributed by atoms with van der Waals surface area (Å²) < 4.78 is 6.86. The van der Waals surface area contributed by atoms with E-state index in [-0.39, 0.29) is 17.2 Å². The maximum atomic E-state index is 13.7. The van der Waals surface area contributed by atoms with Crippen LogP contribution in [0.3, 0.4) is 0 Å². The molecule has 2 aromatic heterocycles. The number of hydrogen-bond donors (Lipinski definition) is 1. The highest BCUT2D eigenvalue weighted by molar-refractivity contribution is 7.99. The molecule has 0 bridgehead atoms. The second-order valence-corrected chi connectivity index (χ2v) is 9.50. The number of nitrogens with one attached hydrogen (secondary N) is 1. The van der Waals surface area contributed by atoms with E-state index >= 15 is 0 Å². The number of aromatic nitrogens is 3. The fraction of sp³-hybridized carbons (Fsp3) is 0.346. The van der Waals surface area contributed by atoms with Crippen molar-refractivity contribution in [2.45, 2.75) is 43.8 Å². The quantitative estimate of drug-likeness (QED) is 0.321. The lowest BCUT2D eigenvalue weighted by Gasteiger charge is -2.35. The van der Waals surface area contributed by atoms with Gasteiger partial charge in [-0.05, 0) is 56.0 Å². The number of likely N-dealkylation sites (tertiary alicyclic amines) is 1. The number of thioether (sulfide) groups is 1. The summed E-state index contributed by atoms with van der Waals surface area (Å²) >= 11 is 1.32. The average molecular weight is 477 g/mol. The number of hydrogen-bond acceptors (Lipinski definition) is 5. The van der Waals surface area contributed by atoms with Gasteiger partial charge in [0.15, 0.2) is 5.16 Å². The molecule has 7 nitrogen and oxygen atoms in total. The summed E-state index contributed by atoms with van der Waals surface area (Å²) in [6, 6.07) is 15.4. The van der Waals surface area contributed by atoms with Gasteiger partial charge in [-0.15, -0.1) is 0 Å². The van der Waals surface area contributed by atoms with Crippen LogP contribution in [0.5, 0.6) is 5.75 Å². The molecule has 1 amide bonds. The zero-order chi connectivity index (χ0) is 23.7. The Labute approximate surface area is 202 Å². The largest absolute Gasteiger partial charge is 0.497 e. The van der Waals surface area contributed by atoms with Crippen molar-refractivity contribution in [2.24, 2.45) is 0 Å². The molecule has 1 fully saturated rings. The molecule has 1 aliphatic rings. The number of aromatic amines is 1. The summed E-state index contributed by atoms with van der Waals surface area (Å²) in [6.45, 7) is 2.94. The van der Waals surface area contributed by atoms with Crippen LogP contribution in [0.25, 0.3) is 27.6 Å². The monoisotopic (exact) mass is 476 g/mol. The molecule has 176 valence electrons. The van der Waals surface area contributed by atoms with Gasteiger partial charge in [0.25, 0.3) is 5.56 Å². The number of nitrogens with zero attached hydrogens (tertiary/aromatic N) is 3. The molecule has 3 heterocycles. The van der Waals surface area contributed by atoms with Crippen molar-refractivity contribution >= 4 is 39.6 Å². The van der Waals surface area contributed by atoms with Gasteiger partial charge in [0.05, 0.1) is 18.6 Å². The predicted molar refractivity (Wildman–Crippen MR) is 136 cm³/mol. The number of piperidine rings is 1. The molecule has 4 aromatic rings. The third-order valence-electron chi connectivity index (χ3n) is 6.57. The van der Waals surface area contributed by atoms with Gasteiger partial charge in [0.2, 0.25) is 5.91 Å². The first-order valence-corrected chi connectivity index (χ1v) is 12.7. The van der Waals surface area contributed by atoms with Crippen molar-refractivity contribution in [3.63, 3.8) is 0 Å². The first-order chi connectivity index (χ1) is 16.6. The van der Waals surface area contributed by atoms with Crippen molar-refractivity contribution in [1.82, 2.24) is 19.4 Å². The topological polar surface area (TPSA) is 80.2 Å². The lowest BCUT2D eigenvalue weighted by atomic mass is 10.0. The van der Waals surface area contributed by atoms with E-state index in [0.717, 1.165) is 36.7 Å². The molecule has 1 saturated heterocycles. The zero-order valence-electron chi connectivity index (χ0n) is 19.4. The molecule has 0 aliphatic carbocycles. The number of fused-ring (bicyclic) bond motifs is 3. The standard InChI is InChI=1S/C26H28N4O3S/c1-3-17-8-6-7-15-29(17)22(31)16-34-26-28-23-20-9-4-5-10-21(20)27-24(23)25(32)30(26)18-11-13-19(33-2)14-12-18/h4-5,9-14,17,27H,3,6-8,15-16H2,1-2H3/t17-/m1/s1. The minimum atomic E-state index is -0.189. The molecule has 1 aliphatic heterocycles. The molecule has 1 N–H and O–H groups in total. The van der Waals surface area contributed by atoms with Crippen LogP contribution in [0.4, 0.5) is 0 Å². The van der Waals surface area contributed by atoms with Gasteiger partial charge in [-0.25, -0.2) is 4.98 Å². The Kier molecular flexibility index (Phi) is 6.32. The SMILES string of the molecule is CC[C@@H]1CCCCN1C(=O)CSc1nc2c([nH]c3ccccc32)c(=O)n1-c1ccc(OC)cc1. The van der Waals surface area contributed by atoms with Gasteiger partial charge < -0.3 is 14.6 Å². The molecule has 1 atom stereocenters. The highest BCUT2D eigenvalue weighted by Crippen LogP contribution is 2.28. The Balaban J connectivity index is 1.57. The van der Waals surface area contributed by atoms with Gasteiger partial charge in [0, 0.05) is 23.5 Å². The third-order valence-corrected chi connectivity index (χ3v) is 7.49. The Hall–Kier alpha value is -3.26. The lowest BCUT2D eigenvalue weighted by molar-refractivity contribution is -0.132. The number of rotatable bonds is 6. The van der Waals surface area contributed by atoms with Crippen LogP contribution in [-0.2, 0) is 4.79 Å². The summed E-state index contributed by atoms with van der Waals surface area (Å²) in [6.07, 6.45) is 4.24. The molecule has 0 unspecified atom stereocenters. The third kappa shape index (κ3) is 4.07. The van der Waals surface area contributed by atoms with Crippen molar-refractivity contribution in [3.05, 3.63) is 58.9 Å². The van der Waals surface area contributed by atoms with Gasteiger partial charge in [0.1, 0.15) is 16.8 Å². The van der Waals surface area contributed by atoms with Crippen LogP contribution in [-0.4, -0.2) is 50.8 Å². The number of ether oxygens (including phenoxy) is 1. The molecule has 2 aromatic carbocycles.